The van der Waals surface area contributed by atoms with Gasteiger partial charge in [-0.25, -0.2) is 0 Å². The van der Waals surface area contributed by atoms with Crippen LogP contribution in [0.5, 0.6) is 5.75 Å². The summed E-state index contributed by atoms with van der Waals surface area (Å²) in [5.41, 5.74) is 3.06. The van der Waals surface area contributed by atoms with Gasteiger partial charge in [-0.3, -0.25) is 4.79 Å². The van der Waals surface area contributed by atoms with E-state index in [1.54, 1.807) is 11.8 Å². The molecule has 156 valence electrons. The summed E-state index contributed by atoms with van der Waals surface area (Å²) in [6.45, 7) is 4.71. The third-order valence-corrected chi connectivity index (χ3v) is 6.54. The third-order valence-electron chi connectivity index (χ3n) is 5.48. The van der Waals surface area contributed by atoms with Gasteiger partial charge in [0.25, 0.3) is 5.91 Å². The van der Waals surface area contributed by atoms with Crippen molar-refractivity contribution in [3.63, 3.8) is 0 Å². The number of hydrogen-bond acceptors (Lipinski definition) is 3. The number of carbonyl (C=O) groups excluding carboxylic acids is 1. The van der Waals surface area contributed by atoms with Gasteiger partial charge in [-0.1, -0.05) is 49.8 Å². The van der Waals surface area contributed by atoms with Crippen LogP contribution in [-0.4, -0.2) is 18.6 Å². The van der Waals surface area contributed by atoms with E-state index >= 15 is 0 Å². The molecule has 0 unspecified atom stereocenters. The fraction of sp³-hybridized carbons (Fsp3) is 0.480. The van der Waals surface area contributed by atoms with Crippen molar-refractivity contribution in [1.29, 1.82) is 0 Å². The quantitative estimate of drug-likeness (QED) is 0.527. The Labute approximate surface area is 179 Å². The van der Waals surface area contributed by atoms with E-state index in [1.165, 1.54) is 42.6 Å². The van der Waals surface area contributed by atoms with Crippen LogP contribution in [0.4, 0.5) is 0 Å². The molecule has 0 bridgehead atoms. The molecule has 2 aromatic rings. The summed E-state index contributed by atoms with van der Waals surface area (Å²) in [6.07, 6.45) is 8.53. The van der Waals surface area contributed by atoms with Crippen molar-refractivity contribution < 1.29 is 9.53 Å². The summed E-state index contributed by atoms with van der Waals surface area (Å²) in [7, 11) is 0. The molecule has 0 heterocycles. The van der Waals surface area contributed by atoms with Crippen molar-refractivity contribution in [2.45, 2.75) is 75.5 Å². The van der Waals surface area contributed by atoms with Crippen molar-refractivity contribution in [2.75, 3.05) is 6.61 Å². The van der Waals surface area contributed by atoms with E-state index in [0.29, 0.717) is 12.6 Å². The fourth-order valence-corrected chi connectivity index (χ4v) is 4.67. The van der Waals surface area contributed by atoms with E-state index in [4.69, 9.17) is 4.74 Å². The zero-order valence-electron chi connectivity index (χ0n) is 17.7. The molecule has 1 saturated carbocycles. The molecular formula is C25H33NO2S. The van der Waals surface area contributed by atoms with Crippen molar-refractivity contribution in [3.8, 4) is 5.75 Å². The highest BCUT2D eigenvalue weighted by Crippen LogP contribution is 2.29. The number of aryl methyl sites for hydroxylation is 1. The van der Waals surface area contributed by atoms with Crippen molar-refractivity contribution >= 4 is 17.7 Å². The number of nitrogens with one attached hydrogen (secondary N) is 1. The van der Waals surface area contributed by atoms with Crippen LogP contribution in [0.3, 0.4) is 0 Å². The van der Waals surface area contributed by atoms with Gasteiger partial charge in [-0.05, 0) is 57.0 Å². The molecule has 0 saturated heterocycles. The maximum atomic E-state index is 12.9. The lowest BCUT2D eigenvalue weighted by molar-refractivity contribution is 0.0930. The summed E-state index contributed by atoms with van der Waals surface area (Å²) in [5, 5.41) is 3.28. The van der Waals surface area contributed by atoms with Gasteiger partial charge in [0.1, 0.15) is 5.75 Å². The van der Waals surface area contributed by atoms with Gasteiger partial charge in [0.2, 0.25) is 0 Å². The molecule has 0 aliphatic heterocycles. The highest BCUT2D eigenvalue weighted by Gasteiger charge is 2.16. The average Bonchev–Trinajstić information content (AvgIpc) is 2.70. The van der Waals surface area contributed by atoms with Crippen molar-refractivity contribution in [1.82, 2.24) is 5.32 Å². The Morgan fingerprint density at radius 2 is 1.72 bits per heavy atom. The van der Waals surface area contributed by atoms with Gasteiger partial charge in [0.15, 0.2) is 0 Å². The summed E-state index contributed by atoms with van der Waals surface area (Å²) in [5.74, 6) is 1.69. The number of thioether (sulfide) groups is 1. The fourth-order valence-electron chi connectivity index (χ4n) is 3.79. The smallest absolute Gasteiger partial charge is 0.251 e. The van der Waals surface area contributed by atoms with Gasteiger partial charge in [0.05, 0.1) is 6.61 Å². The van der Waals surface area contributed by atoms with Crippen LogP contribution in [0.25, 0.3) is 0 Å². The van der Waals surface area contributed by atoms with Crippen LogP contribution >= 0.6 is 11.8 Å². The topological polar surface area (TPSA) is 38.3 Å². The summed E-state index contributed by atoms with van der Waals surface area (Å²) < 4.78 is 5.81. The van der Waals surface area contributed by atoms with Gasteiger partial charge in [0, 0.05) is 27.8 Å². The predicted octanol–water partition coefficient (Wildman–Crippen LogP) is 6.53. The standard InChI is InChI=1S/C25H33NO2S/c1-3-28-24-16-13-20(25(27)26-22-9-7-5-4-6-8-10-22)17-21(24)18-29-23-14-11-19(2)12-15-23/h11-17,22H,3-10,18H2,1-2H3,(H,26,27). The lowest BCUT2D eigenvalue weighted by atomic mass is 9.96. The van der Waals surface area contributed by atoms with Crippen molar-refractivity contribution in [2.24, 2.45) is 0 Å². The zero-order chi connectivity index (χ0) is 20.5. The van der Waals surface area contributed by atoms with E-state index in [1.807, 2.05) is 25.1 Å². The molecule has 0 aromatic heterocycles. The Hall–Kier alpha value is -1.94. The molecule has 2 aromatic carbocycles. The molecule has 4 heteroatoms. The molecule has 0 radical (unpaired) electrons. The number of amides is 1. The number of benzene rings is 2. The number of ether oxygens (including phenoxy) is 1. The molecule has 0 spiro atoms. The highest BCUT2D eigenvalue weighted by molar-refractivity contribution is 7.98. The van der Waals surface area contributed by atoms with Crippen LogP contribution in [0, 0.1) is 6.92 Å². The molecule has 1 aliphatic rings. The number of hydrogen-bond donors (Lipinski definition) is 1. The monoisotopic (exact) mass is 411 g/mol. The van der Waals surface area contributed by atoms with Crippen LogP contribution in [-0.2, 0) is 5.75 Å². The summed E-state index contributed by atoms with van der Waals surface area (Å²) in [4.78, 5) is 14.1. The maximum absolute atomic E-state index is 12.9. The Bertz CT molecular complexity index is 780. The second-order valence-corrected chi connectivity index (χ2v) is 8.92. The lowest BCUT2D eigenvalue weighted by Gasteiger charge is -2.21. The Morgan fingerprint density at radius 3 is 2.41 bits per heavy atom. The molecular weight excluding hydrogens is 378 g/mol. The molecule has 1 aliphatic carbocycles. The number of carbonyl (C=O) groups is 1. The summed E-state index contributed by atoms with van der Waals surface area (Å²) >= 11 is 1.77. The third kappa shape index (κ3) is 6.81. The SMILES string of the molecule is CCOc1ccc(C(=O)NC2CCCCCCC2)cc1CSc1ccc(C)cc1. The second-order valence-electron chi connectivity index (χ2n) is 7.87. The molecule has 3 rings (SSSR count). The normalized spacial score (nSPS) is 15.4. The van der Waals surface area contributed by atoms with E-state index in [-0.39, 0.29) is 5.91 Å². The van der Waals surface area contributed by atoms with E-state index in [9.17, 15) is 4.79 Å². The largest absolute Gasteiger partial charge is 0.494 e. The molecule has 29 heavy (non-hydrogen) atoms. The molecule has 1 fully saturated rings. The molecule has 1 amide bonds. The number of rotatable bonds is 7. The van der Waals surface area contributed by atoms with Crippen LogP contribution in [0.15, 0.2) is 47.4 Å². The minimum Gasteiger partial charge on any atom is -0.494 e. The first-order valence-electron chi connectivity index (χ1n) is 10.9. The first-order chi connectivity index (χ1) is 14.2. The van der Waals surface area contributed by atoms with E-state index in [0.717, 1.165) is 35.5 Å². The van der Waals surface area contributed by atoms with Gasteiger partial charge in [-0.15, -0.1) is 11.8 Å². The Morgan fingerprint density at radius 1 is 1.03 bits per heavy atom. The Kier molecular flexibility index (Phi) is 8.48. The Balaban J connectivity index is 1.68. The first kappa shape index (κ1) is 21.8. The first-order valence-corrected chi connectivity index (χ1v) is 11.9. The second kappa shape index (κ2) is 11.3. The van der Waals surface area contributed by atoms with Crippen LogP contribution in [0.2, 0.25) is 0 Å². The highest BCUT2D eigenvalue weighted by atomic mass is 32.2. The molecule has 0 atom stereocenters. The minimum absolute atomic E-state index is 0.0419. The van der Waals surface area contributed by atoms with Crippen LogP contribution in [0.1, 0.15) is 73.4 Å². The van der Waals surface area contributed by atoms with E-state index in [2.05, 4.69) is 36.5 Å². The molecule has 3 nitrogen and oxygen atoms in total. The minimum atomic E-state index is 0.0419. The van der Waals surface area contributed by atoms with Crippen molar-refractivity contribution in [3.05, 3.63) is 59.2 Å². The summed E-state index contributed by atoms with van der Waals surface area (Å²) in [6, 6.07) is 14.7. The van der Waals surface area contributed by atoms with Gasteiger partial charge >= 0.3 is 0 Å². The van der Waals surface area contributed by atoms with Crippen LogP contribution < -0.4 is 10.1 Å². The van der Waals surface area contributed by atoms with Gasteiger partial charge in [-0.2, -0.15) is 0 Å². The zero-order valence-corrected chi connectivity index (χ0v) is 18.5. The van der Waals surface area contributed by atoms with E-state index < -0.39 is 0 Å². The van der Waals surface area contributed by atoms with Gasteiger partial charge < -0.3 is 10.1 Å². The average molecular weight is 412 g/mol. The molecule has 1 N–H and O–H groups in total. The maximum Gasteiger partial charge on any atom is 0.251 e. The predicted molar refractivity (Wildman–Crippen MR) is 122 cm³/mol. The lowest BCUT2D eigenvalue weighted by Crippen LogP contribution is -2.35.